The van der Waals surface area contributed by atoms with Gasteiger partial charge in [-0.15, -0.1) is 0 Å². The van der Waals surface area contributed by atoms with Crippen molar-refractivity contribution in [2.24, 2.45) is 0 Å². The van der Waals surface area contributed by atoms with Crippen molar-refractivity contribution in [2.75, 3.05) is 0 Å². The van der Waals surface area contributed by atoms with E-state index in [0.717, 1.165) is 6.42 Å². The zero-order valence-electron chi connectivity index (χ0n) is 15.9. The number of hydrogen-bond acceptors (Lipinski definition) is 0. The summed E-state index contributed by atoms with van der Waals surface area (Å²) in [5, 5.41) is 2.73. The van der Waals surface area contributed by atoms with Crippen LogP contribution < -0.4 is 4.57 Å². The average molecular weight is 330 g/mol. The van der Waals surface area contributed by atoms with Crippen LogP contribution in [0.4, 0.5) is 0 Å². The van der Waals surface area contributed by atoms with E-state index >= 15 is 0 Å². The lowest BCUT2D eigenvalue weighted by molar-refractivity contribution is -0.757. The summed E-state index contributed by atoms with van der Waals surface area (Å²) in [4.78, 5) is 0. The first kappa shape index (κ1) is 16.3. The molecule has 0 saturated heterocycles. The smallest absolute Gasteiger partial charge is 0.193 e. The van der Waals surface area contributed by atoms with E-state index in [1.54, 1.807) is 0 Å². The number of pyridine rings is 1. The molecule has 25 heavy (non-hydrogen) atoms. The molecule has 3 aromatic rings. The third-order valence-electron chi connectivity index (χ3n) is 6.52. The van der Waals surface area contributed by atoms with Crippen LogP contribution in [0.1, 0.15) is 49.8 Å². The summed E-state index contributed by atoms with van der Waals surface area (Å²) >= 11 is 0. The van der Waals surface area contributed by atoms with Gasteiger partial charge in [0.2, 0.25) is 5.69 Å². The number of aryl methyl sites for hydroxylation is 3. The van der Waals surface area contributed by atoms with Crippen LogP contribution in [0.3, 0.4) is 0 Å². The van der Waals surface area contributed by atoms with Gasteiger partial charge in [0.25, 0.3) is 0 Å². The number of hydrogen-bond donors (Lipinski definition) is 0. The highest BCUT2D eigenvalue weighted by molar-refractivity contribution is 5.97. The molecule has 0 atom stereocenters. The Hall–Kier alpha value is -2.15. The third-order valence-corrected chi connectivity index (χ3v) is 6.52. The molecular formula is C24H28N+. The summed E-state index contributed by atoms with van der Waals surface area (Å²) in [5.74, 6) is 0. The Labute approximate surface area is 151 Å². The van der Waals surface area contributed by atoms with E-state index in [0.29, 0.717) is 0 Å². The fourth-order valence-corrected chi connectivity index (χ4v) is 4.60. The molecule has 0 radical (unpaired) electrons. The van der Waals surface area contributed by atoms with Crippen LogP contribution >= 0.6 is 0 Å². The number of nitrogens with zero attached hydrogens (tertiary/aromatic N) is 1. The summed E-state index contributed by atoms with van der Waals surface area (Å²) < 4.78 is 2.62. The Balaban J connectivity index is 2.14. The van der Waals surface area contributed by atoms with Crippen molar-refractivity contribution in [3.63, 3.8) is 0 Å². The molecule has 2 heterocycles. The van der Waals surface area contributed by atoms with Crippen LogP contribution in [0.25, 0.3) is 22.0 Å². The Morgan fingerprint density at radius 2 is 1.72 bits per heavy atom. The largest absolute Gasteiger partial charge is 0.214 e. The fraction of sp³-hybridized carbons (Fsp3) is 0.375. The lowest BCUT2D eigenvalue weighted by Gasteiger charge is -2.26. The maximum absolute atomic E-state index is 2.62. The quantitative estimate of drug-likeness (QED) is 0.517. The molecule has 0 saturated carbocycles. The van der Waals surface area contributed by atoms with Gasteiger partial charge in [-0.3, -0.25) is 0 Å². The highest BCUT2D eigenvalue weighted by atomic mass is 15.1. The lowest BCUT2D eigenvalue weighted by Crippen LogP contribution is -2.56. The first-order valence-corrected chi connectivity index (χ1v) is 9.64. The van der Waals surface area contributed by atoms with E-state index in [9.17, 15) is 0 Å². The minimum absolute atomic E-state index is 0.216. The zero-order chi connectivity index (χ0) is 17.6. The van der Waals surface area contributed by atoms with Crippen molar-refractivity contribution in [3.8, 4) is 11.3 Å². The average Bonchev–Trinajstić information content (AvgIpc) is 2.77. The SMILES string of the molecule is CCC1(CC)CCc2ccc3ccccc3c2-c2cc(C)c(C)c[n+]21. The molecule has 0 N–H and O–H groups in total. The maximum Gasteiger partial charge on any atom is 0.214 e. The van der Waals surface area contributed by atoms with E-state index in [1.165, 1.54) is 58.0 Å². The normalized spacial score (nSPS) is 15.5. The molecule has 128 valence electrons. The lowest BCUT2D eigenvalue weighted by atomic mass is 9.86. The topological polar surface area (TPSA) is 3.88 Å². The zero-order valence-corrected chi connectivity index (χ0v) is 15.9. The number of benzene rings is 2. The van der Waals surface area contributed by atoms with Crippen molar-refractivity contribution in [1.29, 1.82) is 0 Å². The van der Waals surface area contributed by atoms with Crippen molar-refractivity contribution in [1.82, 2.24) is 0 Å². The van der Waals surface area contributed by atoms with Gasteiger partial charge in [0.05, 0.1) is 5.56 Å². The maximum atomic E-state index is 2.62. The van der Waals surface area contributed by atoms with Gasteiger partial charge in [-0.05, 0) is 42.2 Å². The van der Waals surface area contributed by atoms with Gasteiger partial charge in [0, 0.05) is 30.9 Å². The van der Waals surface area contributed by atoms with Gasteiger partial charge in [-0.1, -0.05) is 50.2 Å². The van der Waals surface area contributed by atoms with Crippen LogP contribution in [-0.4, -0.2) is 0 Å². The first-order chi connectivity index (χ1) is 12.1. The predicted molar refractivity (Wildman–Crippen MR) is 106 cm³/mol. The van der Waals surface area contributed by atoms with E-state index in [-0.39, 0.29) is 5.54 Å². The van der Waals surface area contributed by atoms with Gasteiger partial charge < -0.3 is 0 Å². The molecule has 0 aliphatic carbocycles. The third kappa shape index (κ3) is 2.40. The minimum atomic E-state index is 0.216. The summed E-state index contributed by atoms with van der Waals surface area (Å²) in [6.45, 7) is 9.19. The van der Waals surface area contributed by atoms with E-state index in [2.05, 4.69) is 80.9 Å². The molecule has 2 aromatic carbocycles. The molecule has 0 fully saturated rings. The molecule has 4 rings (SSSR count). The molecule has 1 aliphatic rings. The highest BCUT2D eigenvalue weighted by Gasteiger charge is 2.41. The summed E-state index contributed by atoms with van der Waals surface area (Å²) in [5.41, 5.74) is 7.33. The summed E-state index contributed by atoms with van der Waals surface area (Å²) in [6, 6.07) is 15.9. The summed E-state index contributed by atoms with van der Waals surface area (Å²) in [6.07, 6.45) is 7.13. The second-order valence-electron chi connectivity index (χ2n) is 7.65. The van der Waals surface area contributed by atoms with Gasteiger partial charge in [0.1, 0.15) is 0 Å². The Kier molecular flexibility index (Phi) is 3.91. The molecule has 0 spiro atoms. The molecule has 1 aliphatic heterocycles. The molecular weight excluding hydrogens is 302 g/mol. The van der Waals surface area contributed by atoms with E-state index in [1.807, 2.05) is 0 Å². The second-order valence-corrected chi connectivity index (χ2v) is 7.65. The number of rotatable bonds is 2. The van der Waals surface area contributed by atoms with Crippen molar-refractivity contribution >= 4 is 10.8 Å². The minimum Gasteiger partial charge on any atom is -0.193 e. The van der Waals surface area contributed by atoms with Crippen LogP contribution in [0.15, 0.2) is 48.7 Å². The fourth-order valence-electron chi connectivity index (χ4n) is 4.60. The molecule has 1 aromatic heterocycles. The number of fused-ring (bicyclic) bond motifs is 5. The van der Waals surface area contributed by atoms with Gasteiger partial charge in [-0.2, -0.15) is 4.57 Å². The van der Waals surface area contributed by atoms with Crippen LogP contribution in [-0.2, 0) is 12.0 Å². The van der Waals surface area contributed by atoms with E-state index < -0.39 is 0 Å². The molecule has 1 nitrogen and oxygen atoms in total. The van der Waals surface area contributed by atoms with Gasteiger partial charge >= 0.3 is 0 Å². The van der Waals surface area contributed by atoms with Crippen LogP contribution in [0.2, 0.25) is 0 Å². The molecule has 0 amide bonds. The summed E-state index contributed by atoms with van der Waals surface area (Å²) in [7, 11) is 0. The van der Waals surface area contributed by atoms with E-state index in [4.69, 9.17) is 0 Å². The molecule has 0 bridgehead atoms. The Morgan fingerprint density at radius 1 is 0.960 bits per heavy atom. The van der Waals surface area contributed by atoms with Crippen molar-refractivity contribution in [3.05, 3.63) is 65.4 Å². The second kappa shape index (κ2) is 5.98. The van der Waals surface area contributed by atoms with Crippen molar-refractivity contribution < 1.29 is 4.57 Å². The first-order valence-electron chi connectivity index (χ1n) is 9.64. The standard InChI is InChI=1S/C24H28N/c1-5-24(6-2)14-13-20-12-11-19-9-7-8-10-21(19)23(20)22-15-17(3)18(4)16-25(22)24/h7-12,15-16H,5-6,13-14H2,1-4H3/q+1. The molecule has 0 unspecified atom stereocenters. The highest BCUT2D eigenvalue weighted by Crippen LogP contribution is 2.39. The van der Waals surface area contributed by atoms with Crippen LogP contribution in [0, 0.1) is 13.8 Å². The number of aromatic nitrogens is 1. The Morgan fingerprint density at radius 3 is 2.48 bits per heavy atom. The van der Waals surface area contributed by atoms with Gasteiger partial charge in [-0.25, -0.2) is 0 Å². The predicted octanol–water partition coefficient (Wildman–Crippen LogP) is 5.87. The van der Waals surface area contributed by atoms with Crippen molar-refractivity contribution in [2.45, 2.75) is 58.9 Å². The molecule has 1 heteroatoms. The Bertz CT molecular complexity index is 948. The monoisotopic (exact) mass is 330 g/mol. The van der Waals surface area contributed by atoms with Crippen LogP contribution in [0.5, 0.6) is 0 Å². The van der Waals surface area contributed by atoms with Gasteiger partial charge in [0.15, 0.2) is 11.7 Å².